The summed E-state index contributed by atoms with van der Waals surface area (Å²) in [6.07, 6.45) is 3.78. The van der Waals surface area contributed by atoms with Crippen molar-refractivity contribution >= 4 is 18.6 Å². The van der Waals surface area contributed by atoms with Gasteiger partial charge in [-0.25, -0.2) is 0 Å². The van der Waals surface area contributed by atoms with E-state index in [2.05, 4.69) is 17.6 Å². The number of carboxylic acid groups (broad SMARTS) is 1. The van der Waals surface area contributed by atoms with Crippen molar-refractivity contribution in [3.05, 3.63) is 29.6 Å². The lowest BCUT2D eigenvalue weighted by Gasteiger charge is -2.07. The fourth-order valence-electron chi connectivity index (χ4n) is 1.01. The van der Waals surface area contributed by atoms with Crippen molar-refractivity contribution in [1.82, 2.24) is 4.98 Å². The second-order valence-electron chi connectivity index (χ2n) is 2.86. The van der Waals surface area contributed by atoms with Gasteiger partial charge in [0.25, 0.3) is 0 Å². The SMILES string of the molecule is Cc1ccncc1CC(S)C(=O)O. The Kier molecular flexibility index (Phi) is 3.31. The minimum atomic E-state index is -0.897. The molecule has 0 saturated heterocycles. The fraction of sp³-hybridized carbons (Fsp3) is 0.333. The summed E-state index contributed by atoms with van der Waals surface area (Å²) in [7, 11) is 0. The quantitative estimate of drug-likeness (QED) is 0.718. The van der Waals surface area contributed by atoms with E-state index in [9.17, 15) is 4.79 Å². The van der Waals surface area contributed by atoms with Crippen molar-refractivity contribution in [2.75, 3.05) is 0 Å². The minimum Gasteiger partial charge on any atom is -0.480 e. The molecule has 0 aliphatic rings. The highest BCUT2D eigenvalue weighted by molar-refractivity contribution is 7.81. The number of thiol groups is 1. The van der Waals surface area contributed by atoms with E-state index in [0.717, 1.165) is 11.1 Å². The fourth-order valence-corrected chi connectivity index (χ4v) is 1.20. The maximum Gasteiger partial charge on any atom is 0.316 e. The topological polar surface area (TPSA) is 50.2 Å². The highest BCUT2D eigenvalue weighted by atomic mass is 32.1. The molecule has 0 fully saturated rings. The first-order valence-corrected chi connectivity index (χ1v) is 4.43. The molecule has 0 aliphatic heterocycles. The zero-order chi connectivity index (χ0) is 9.84. The van der Waals surface area contributed by atoms with Crippen LogP contribution in [0, 0.1) is 6.92 Å². The number of nitrogens with zero attached hydrogens (tertiary/aromatic N) is 1. The molecule has 1 unspecified atom stereocenters. The molecule has 0 saturated carbocycles. The van der Waals surface area contributed by atoms with Gasteiger partial charge in [-0.05, 0) is 30.5 Å². The van der Waals surface area contributed by atoms with Crippen molar-refractivity contribution in [1.29, 1.82) is 0 Å². The van der Waals surface area contributed by atoms with Gasteiger partial charge in [-0.3, -0.25) is 9.78 Å². The van der Waals surface area contributed by atoms with Gasteiger partial charge in [0.1, 0.15) is 5.25 Å². The Labute approximate surface area is 82.2 Å². The average molecular weight is 197 g/mol. The molecule has 0 aliphatic carbocycles. The third kappa shape index (κ3) is 2.73. The number of aliphatic carboxylic acids is 1. The number of rotatable bonds is 3. The lowest BCUT2D eigenvalue weighted by atomic mass is 10.1. The number of hydrogen-bond acceptors (Lipinski definition) is 3. The predicted molar refractivity (Wildman–Crippen MR) is 53.1 cm³/mol. The molecule has 3 nitrogen and oxygen atoms in total. The molecule has 0 amide bonds. The molecule has 0 bridgehead atoms. The largest absolute Gasteiger partial charge is 0.480 e. The van der Waals surface area contributed by atoms with Gasteiger partial charge in [-0.2, -0.15) is 12.6 Å². The molecule has 0 radical (unpaired) electrons. The first-order valence-electron chi connectivity index (χ1n) is 3.91. The van der Waals surface area contributed by atoms with Crippen molar-refractivity contribution in [3.63, 3.8) is 0 Å². The van der Waals surface area contributed by atoms with E-state index in [4.69, 9.17) is 5.11 Å². The van der Waals surface area contributed by atoms with Crippen molar-refractivity contribution in [3.8, 4) is 0 Å². The van der Waals surface area contributed by atoms with E-state index in [1.54, 1.807) is 12.4 Å². The molecule has 13 heavy (non-hydrogen) atoms. The van der Waals surface area contributed by atoms with Gasteiger partial charge < -0.3 is 5.11 Å². The summed E-state index contributed by atoms with van der Waals surface area (Å²) in [5.41, 5.74) is 1.99. The van der Waals surface area contributed by atoms with Crippen molar-refractivity contribution < 1.29 is 9.90 Å². The number of pyridine rings is 1. The normalized spacial score (nSPS) is 12.5. The molecule has 1 aromatic rings. The summed E-state index contributed by atoms with van der Waals surface area (Å²) in [6, 6.07) is 1.86. The van der Waals surface area contributed by atoms with Gasteiger partial charge in [0.2, 0.25) is 0 Å². The van der Waals surface area contributed by atoms with E-state index in [-0.39, 0.29) is 0 Å². The summed E-state index contributed by atoms with van der Waals surface area (Å²) >= 11 is 3.96. The van der Waals surface area contributed by atoms with E-state index in [1.165, 1.54) is 0 Å². The second-order valence-corrected chi connectivity index (χ2v) is 3.48. The van der Waals surface area contributed by atoms with Crippen LogP contribution in [0.1, 0.15) is 11.1 Å². The summed E-state index contributed by atoms with van der Waals surface area (Å²) < 4.78 is 0. The highest BCUT2D eigenvalue weighted by Gasteiger charge is 2.13. The first-order chi connectivity index (χ1) is 6.11. The van der Waals surface area contributed by atoms with Gasteiger partial charge >= 0.3 is 5.97 Å². The van der Waals surface area contributed by atoms with Gasteiger partial charge in [0.05, 0.1) is 0 Å². The minimum absolute atomic E-state index is 0.415. The van der Waals surface area contributed by atoms with Gasteiger partial charge in [0.15, 0.2) is 0 Å². The molecule has 1 heterocycles. The number of aromatic nitrogens is 1. The molecular formula is C9H11NO2S. The van der Waals surface area contributed by atoms with Gasteiger partial charge in [-0.1, -0.05) is 0 Å². The summed E-state index contributed by atoms with van der Waals surface area (Å²) in [5, 5.41) is 7.99. The third-order valence-corrected chi connectivity index (χ3v) is 2.25. The molecule has 1 rings (SSSR count). The Morgan fingerprint density at radius 1 is 1.77 bits per heavy atom. The van der Waals surface area contributed by atoms with Crippen LogP contribution < -0.4 is 0 Å². The first kappa shape index (κ1) is 10.1. The zero-order valence-corrected chi connectivity index (χ0v) is 8.16. The van der Waals surface area contributed by atoms with Gasteiger partial charge in [-0.15, -0.1) is 0 Å². The lowest BCUT2D eigenvalue weighted by Crippen LogP contribution is -2.16. The molecule has 1 atom stereocenters. The van der Waals surface area contributed by atoms with E-state index in [0.29, 0.717) is 6.42 Å². The Hall–Kier alpha value is -1.03. The average Bonchev–Trinajstić information content (AvgIpc) is 2.08. The van der Waals surface area contributed by atoms with E-state index in [1.807, 2.05) is 13.0 Å². The van der Waals surface area contributed by atoms with Crippen LogP contribution >= 0.6 is 12.6 Å². The van der Waals surface area contributed by atoms with Crippen LogP contribution in [0.4, 0.5) is 0 Å². The van der Waals surface area contributed by atoms with Crippen LogP contribution in [-0.4, -0.2) is 21.3 Å². The van der Waals surface area contributed by atoms with Crippen LogP contribution in [0.2, 0.25) is 0 Å². The van der Waals surface area contributed by atoms with Crippen LogP contribution in [0.25, 0.3) is 0 Å². The Morgan fingerprint density at radius 3 is 3.00 bits per heavy atom. The summed E-state index contributed by atoms with van der Waals surface area (Å²) in [4.78, 5) is 14.4. The maximum atomic E-state index is 10.5. The van der Waals surface area contributed by atoms with Gasteiger partial charge in [0, 0.05) is 12.4 Å². The summed E-state index contributed by atoms with van der Waals surface area (Å²) in [5.74, 6) is -0.897. The lowest BCUT2D eigenvalue weighted by molar-refractivity contribution is -0.136. The number of aryl methyl sites for hydroxylation is 1. The number of carboxylic acids is 1. The molecule has 0 aromatic carbocycles. The second kappa shape index (κ2) is 4.28. The predicted octanol–water partition coefficient (Wildman–Crippen LogP) is 1.32. The smallest absolute Gasteiger partial charge is 0.316 e. The Balaban J connectivity index is 2.74. The molecule has 4 heteroatoms. The third-order valence-electron chi connectivity index (χ3n) is 1.85. The molecule has 1 aromatic heterocycles. The van der Waals surface area contributed by atoms with Crippen LogP contribution in [-0.2, 0) is 11.2 Å². The van der Waals surface area contributed by atoms with Crippen molar-refractivity contribution in [2.24, 2.45) is 0 Å². The molecule has 0 spiro atoms. The zero-order valence-electron chi connectivity index (χ0n) is 7.27. The number of hydrogen-bond donors (Lipinski definition) is 2. The van der Waals surface area contributed by atoms with E-state index >= 15 is 0 Å². The molecule has 1 N–H and O–H groups in total. The van der Waals surface area contributed by atoms with Crippen LogP contribution in [0.3, 0.4) is 0 Å². The highest BCUT2D eigenvalue weighted by Crippen LogP contribution is 2.11. The van der Waals surface area contributed by atoms with Crippen molar-refractivity contribution in [2.45, 2.75) is 18.6 Å². The standard InChI is InChI=1S/C9H11NO2S/c1-6-2-3-10-5-7(6)4-8(13)9(11)12/h2-3,5,8,13H,4H2,1H3,(H,11,12). The molecule has 70 valence electrons. The van der Waals surface area contributed by atoms with E-state index < -0.39 is 11.2 Å². The molecular weight excluding hydrogens is 186 g/mol. The Bertz CT molecular complexity index is 314. The monoisotopic (exact) mass is 197 g/mol. The Morgan fingerprint density at radius 2 is 2.46 bits per heavy atom. The van der Waals surface area contributed by atoms with Crippen LogP contribution in [0.15, 0.2) is 18.5 Å². The van der Waals surface area contributed by atoms with Crippen LogP contribution in [0.5, 0.6) is 0 Å². The summed E-state index contributed by atoms with van der Waals surface area (Å²) in [6.45, 7) is 1.93. The number of carbonyl (C=O) groups is 1. The maximum absolute atomic E-state index is 10.5.